The third-order valence-corrected chi connectivity index (χ3v) is 2.71. The van der Waals surface area contributed by atoms with Gasteiger partial charge < -0.3 is 9.88 Å². The van der Waals surface area contributed by atoms with Gasteiger partial charge in [-0.1, -0.05) is 17.7 Å². The quantitative estimate of drug-likeness (QED) is 0.888. The second-order valence-electron chi connectivity index (χ2n) is 4.41. The Morgan fingerprint density at radius 3 is 2.94 bits per heavy atom. The Kier molecular flexibility index (Phi) is 3.77. The summed E-state index contributed by atoms with van der Waals surface area (Å²) in [5.41, 5.74) is 2.78. The minimum atomic E-state index is -0.0327. The maximum absolute atomic E-state index is 11.9. The second-order valence-corrected chi connectivity index (χ2v) is 4.41. The largest absolute Gasteiger partial charge is 0.352 e. The molecule has 4 nitrogen and oxygen atoms in total. The maximum atomic E-state index is 11.9. The lowest BCUT2D eigenvalue weighted by Crippen LogP contribution is -2.25. The number of nitrogens with zero attached hydrogens (tertiary/aromatic N) is 2. The van der Waals surface area contributed by atoms with Gasteiger partial charge in [0.15, 0.2) is 0 Å². The summed E-state index contributed by atoms with van der Waals surface area (Å²) in [6.07, 6.45) is 4.47. The third kappa shape index (κ3) is 3.20. The van der Waals surface area contributed by atoms with Crippen LogP contribution in [0.3, 0.4) is 0 Å². The number of aromatic nitrogens is 2. The Morgan fingerprint density at radius 2 is 2.28 bits per heavy atom. The van der Waals surface area contributed by atoms with Gasteiger partial charge in [-0.15, -0.1) is 0 Å². The molecule has 1 aromatic carbocycles. The fraction of sp³-hybridized carbons (Fsp3) is 0.286. The molecule has 0 spiro atoms. The molecular formula is C14H17N3O. The Balaban J connectivity index is 1.85. The molecule has 0 aliphatic carbocycles. The Bertz CT molecular complexity index is 545. The molecule has 0 fully saturated rings. The Hall–Kier alpha value is -2.10. The molecule has 2 rings (SSSR count). The van der Waals surface area contributed by atoms with Crippen molar-refractivity contribution in [2.75, 3.05) is 6.54 Å². The summed E-state index contributed by atoms with van der Waals surface area (Å²) in [5.74, 6) is -0.0327. The highest BCUT2D eigenvalue weighted by atomic mass is 16.1. The number of rotatable bonds is 4. The zero-order chi connectivity index (χ0) is 13.0. The van der Waals surface area contributed by atoms with Crippen molar-refractivity contribution in [3.8, 4) is 0 Å². The molecule has 1 N–H and O–H groups in total. The summed E-state index contributed by atoms with van der Waals surface area (Å²) >= 11 is 0. The van der Waals surface area contributed by atoms with Gasteiger partial charge >= 0.3 is 0 Å². The number of carbonyl (C=O) groups is 1. The molecule has 0 radical (unpaired) electrons. The molecular weight excluding hydrogens is 226 g/mol. The standard InChI is InChI=1S/C14H17N3O/c1-11-4-3-5-12(8-11)14(18)15-7-6-13-9-17(2)10-16-13/h3-5,8-10H,6-7H2,1-2H3,(H,15,18). The molecule has 2 aromatic rings. The van der Waals surface area contributed by atoms with E-state index in [1.807, 2.05) is 49.0 Å². The van der Waals surface area contributed by atoms with Gasteiger partial charge in [0.1, 0.15) is 0 Å². The van der Waals surface area contributed by atoms with Gasteiger partial charge in [0.25, 0.3) is 5.91 Å². The number of aryl methyl sites for hydroxylation is 2. The van der Waals surface area contributed by atoms with Crippen LogP contribution in [0.15, 0.2) is 36.8 Å². The van der Waals surface area contributed by atoms with E-state index in [4.69, 9.17) is 0 Å². The topological polar surface area (TPSA) is 46.9 Å². The van der Waals surface area contributed by atoms with E-state index in [-0.39, 0.29) is 5.91 Å². The minimum Gasteiger partial charge on any atom is -0.352 e. The summed E-state index contributed by atoms with van der Waals surface area (Å²) in [6, 6.07) is 7.58. The molecule has 0 saturated carbocycles. The fourth-order valence-electron chi connectivity index (χ4n) is 1.79. The first-order valence-corrected chi connectivity index (χ1v) is 5.97. The van der Waals surface area contributed by atoms with Crippen molar-refractivity contribution in [1.82, 2.24) is 14.9 Å². The van der Waals surface area contributed by atoms with Crippen LogP contribution in [0, 0.1) is 6.92 Å². The molecule has 1 aromatic heterocycles. The molecule has 1 amide bonds. The smallest absolute Gasteiger partial charge is 0.251 e. The molecule has 0 atom stereocenters. The SMILES string of the molecule is Cc1cccc(C(=O)NCCc2cn(C)cn2)c1. The summed E-state index contributed by atoms with van der Waals surface area (Å²) in [6.45, 7) is 2.58. The normalized spacial score (nSPS) is 10.3. The highest BCUT2D eigenvalue weighted by molar-refractivity contribution is 5.94. The molecule has 0 bridgehead atoms. The van der Waals surface area contributed by atoms with E-state index < -0.39 is 0 Å². The molecule has 0 saturated heterocycles. The van der Waals surface area contributed by atoms with Crippen molar-refractivity contribution < 1.29 is 4.79 Å². The van der Waals surface area contributed by atoms with E-state index in [1.165, 1.54) is 0 Å². The maximum Gasteiger partial charge on any atom is 0.251 e. The van der Waals surface area contributed by atoms with Crippen LogP contribution in [0.1, 0.15) is 21.6 Å². The number of carbonyl (C=O) groups excluding carboxylic acids is 1. The Labute approximate surface area is 107 Å². The van der Waals surface area contributed by atoms with Crippen LogP contribution in [0.4, 0.5) is 0 Å². The summed E-state index contributed by atoms with van der Waals surface area (Å²) in [5, 5.41) is 2.90. The van der Waals surface area contributed by atoms with E-state index in [0.717, 1.165) is 17.7 Å². The highest BCUT2D eigenvalue weighted by Gasteiger charge is 2.05. The molecule has 1 heterocycles. The zero-order valence-corrected chi connectivity index (χ0v) is 10.7. The number of amides is 1. The van der Waals surface area contributed by atoms with Crippen LogP contribution in [-0.4, -0.2) is 22.0 Å². The number of hydrogen-bond acceptors (Lipinski definition) is 2. The van der Waals surface area contributed by atoms with Crippen LogP contribution in [0.25, 0.3) is 0 Å². The van der Waals surface area contributed by atoms with E-state index in [1.54, 1.807) is 6.33 Å². The van der Waals surface area contributed by atoms with E-state index >= 15 is 0 Å². The van der Waals surface area contributed by atoms with Gasteiger partial charge in [0.2, 0.25) is 0 Å². The van der Waals surface area contributed by atoms with E-state index in [9.17, 15) is 4.79 Å². The first-order chi connectivity index (χ1) is 8.65. The fourth-order valence-corrected chi connectivity index (χ4v) is 1.79. The van der Waals surface area contributed by atoms with Crippen molar-refractivity contribution in [3.63, 3.8) is 0 Å². The average Bonchev–Trinajstić information content (AvgIpc) is 2.75. The van der Waals surface area contributed by atoms with Gasteiger partial charge in [-0.2, -0.15) is 0 Å². The molecule has 0 unspecified atom stereocenters. The van der Waals surface area contributed by atoms with Crippen LogP contribution < -0.4 is 5.32 Å². The lowest BCUT2D eigenvalue weighted by Gasteiger charge is -2.04. The van der Waals surface area contributed by atoms with Gasteiger partial charge in [0, 0.05) is 31.8 Å². The van der Waals surface area contributed by atoms with Crippen LogP contribution in [0.5, 0.6) is 0 Å². The lowest BCUT2D eigenvalue weighted by atomic mass is 10.1. The van der Waals surface area contributed by atoms with Crippen molar-refractivity contribution >= 4 is 5.91 Å². The van der Waals surface area contributed by atoms with Gasteiger partial charge in [-0.25, -0.2) is 4.98 Å². The van der Waals surface area contributed by atoms with Gasteiger partial charge in [-0.05, 0) is 19.1 Å². The summed E-state index contributed by atoms with van der Waals surface area (Å²) in [4.78, 5) is 16.1. The first kappa shape index (κ1) is 12.4. The van der Waals surface area contributed by atoms with Crippen molar-refractivity contribution in [1.29, 1.82) is 0 Å². The number of imidazole rings is 1. The molecule has 0 aliphatic heterocycles. The highest BCUT2D eigenvalue weighted by Crippen LogP contribution is 2.03. The van der Waals surface area contributed by atoms with Gasteiger partial charge in [0.05, 0.1) is 12.0 Å². The molecule has 0 aliphatic rings. The van der Waals surface area contributed by atoms with E-state index in [0.29, 0.717) is 12.1 Å². The lowest BCUT2D eigenvalue weighted by molar-refractivity contribution is 0.0954. The number of benzene rings is 1. The number of nitrogens with one attached hydrogen (secondary N) is 1. The van der Waals surface area contributed by atoms with Crippen LogP contribution in [-0.2, 0) is 13.5 Å². The predicted molar refractivity (Wildman–Crippen MR) is 70.4 cm³/mol. The Morgan fingerprint density at radius 1 is 1.44 bits per heavy atom. The summed E-state index contributed by atoms with van der Waals surface area (Å²) in [7, 11) is 1.93. The number of hydrogen-bond donors (Lipinski definition) is 1. The van der Waals surface area contributed by atoms with Crippen molar-refractivity contribution in [3.05, 3.63) is 53.6 Å². The van der Waals surface area contributed by atoms with Crippen molar-refractivity contribution in [2.24, 2.45) is 7.05 Å². The first-order valence-electron chi connectivity index (χ1n) is 5.97. The molecule has 18 heavy (non-hydrogen) atoms. The monoisotopic (exact) mass is 243 g/mol. The molecule has 4 heteroatoms. The molecule has 94 valence electrons. The van der Waals surface area contributed by atoms with Crippen LogP contribution >= 0.6 is 0 Å². The minimum absolute atomic E-state index is 0.0327. The average molecular weight is 243 g/mol. The van der Waals surface area contributed by atoms with E-state index in [2.05, 4.69) is 10.3 Å². The van der Waals surface area contributed by atoms with Gasteiger partial charge in [-0.3, -0.25) is 4.79 Å². The van der Waals surface area contributed by atoms with Crippen molar-refractivity contribution in [2.45, 2.75) is 13.3 Å². The van der Waals surface area contributed by atoms with Crippen LogP contribution in [0.2, 0.25) is 0 Å². The predicted octanol–water partition coefficient (Wildman–Crippen LogP) is 1.70. The summed E-state index contributed by atoms with van der Waals surface area (Å²) < 4.78 is 1.90. The zero-order valence-electron chi connectivity index (χ0n) is 10.7. The second kappa shape index (κ2) is 5.49. The third-order valence-electron chi connectivity index (χ3n) is 2.71.